The zero-order valence-electron chi connectivity index (χ0n) is 12.4. The van der Waals surface area contributed by atoms with E-state index in [1.165, 1.54) is 44.9 Å². The standard InChI is InChI=1S/C16H28N2O.ClH/c17-15-6-2-5-13(15)10-16(19)18-14-8-7-11-3-1-4-12(11)9-14;/h11-15H,1-10,17H2,(H,18,19);1H/t11?,12?,13-,14?,15+;/m0./s1. The van der Waals surface area contributed by atoms with Gasteiger partial charge in [-0.05, 0) is 49.9 Å². The van der Waals surface area contributed by atoms with Crippen molar-refractivity contribution in [2.24, 2.45) is 23.5 Å². The Morgan fingerprint density at radius 2 is 1.75 bits per heavy atom. The van der Waals surface area contributed by atoms with Gasteiger partial charge in [0.2, 0.25) is 5.91 Å². The van der Waals surface area contributed by atoms with Gasteiger partial charge in [-0.1, -0.05) is 25.7 Å². The van der Waals surface area contributed by atoms with Crippen LogP contribution in [-0.4, -0.2) is 18.0 Å². The summed E-state index contributed by atoms with van der Waals surface area (Å²) in [7, 11) is 0. The van der Waals surface area contributed by atoms with Crippen molar-refractivity contribution in [3.8, 4) is 0 Å². The number of hydrogen-bond acceptors (Lipinski definition) is 2. The minimum Gasteiger partial charge on any atom is -0.353 e. The Morgan fingerprint density at radius 1 is 1.00 bits per heavy atom. The highest BCUT2D eigenvalue weighted by atomic mass is 35.5. The van der Waals surface area contributed by atoms with Crippen LogP contribution < -0.4 is 11.1 Å². The molecule has 0 saturated heterocycles. The summed E-state index contributed by atoms with van der Waals surface area (Å²) in [6.45, 7) is 0. The van der Waals surface area contributed by atoms with Crippen molar-refractivity contribution in [2.75, 3.05) is 0 Å². The largest absolute Gasteiger partial charge is 0.353 e. The lowest BCUT2D eigenvalue weighted by atomic mass is 9.79. The Hall–Kier alpha value is -0.280. The molecular weight excluding hydrogens is 272 g/mol. The van der Waals surface area contributed by atoms with Crippen molar-refractivity contribution in [2.45, 2.75) is 76.3 Å². The molecule has 5 atom stereocenters. The molecule has 4 heteroatoms. The molecule has 0 spiro atoms. The smallest absolute Gasteiger partial charge is 0.220 e. The second-order valence-corrected chi connectivity index (χ2v) is 7.09. The average molecular weight is 301 g/mol. The van der Waals surface area contributed by atoms with E-state index >= 15 is 0 Å². The molecular formula is C16H29ClN2O. The monoisotopic (exact) mass is 300 g/mol. The zero-order valence-corrected chi connectivity index (χ0v) is 13.2. The molecule has 0 aromatic rings. The lowest BCUT2D eigenvalue weighted by molar-refractivity contribution is -0.123. The molecule has 3 unspecified atom stereocenters. The molecule has 0 aromatic heterocycles. The summed E-state index contributed by atoms with van der Waals surface area (Å²) in [5.41, 5.74) is 6.05. The third-order valence-corrected chi connectivity index (χ3v) is 5.82. The molecule has 3 fully saturated rings. The summed E-state index contributed by atoms with van der Waals surface area (Å²) in [5, 5.41) is 3.28. The second-order valence-electron chi connectivity index (χ2n) is 7.09. The number of nitrogens with two attached hydrogens (primary N) is 1. The topological polar surface area (TPSA) is 55.1 Å². The molecule has 1 amide bonds. The van der Waals surface area contributed by atoms with Gasteiger partial charge in [0.15, 0.2) is 0 Å². The summed E-state index contributed by atoms with van der Waals surface area (Å²) in [4.78, 5) is 12.1. The van der Waals surface area contributed by atoms with Crippen LogP contribution in [0.25, 0.3) is 0 Å². The van der Waals surface area contributed by atoms with Crippen molar-refractivity contribution >= 4 is 18.3 Å². The van der Waals surface area contributed by atoms with Gasteiger partial charge in [-0.3, -0.25) is 4.79 Å². The fourth-order valence-electron chi connectivity index (χ4n) is 4.68. The molecule has 0 aliphatic heterocycles. The number of amides is 1. The number of halogens is 1. The first-order chi connectivity index (χ1) is 9.22. The van der Waals surface area contributed by atoms with Crippen molar-refractivity contribution in [3.63, 3.8) is 0 Å². The van der Waals surface area contributed by atoms with Crippen LogP contribution in [-0.2, 0) is 4.79 Å². The number of carbonyl (C=O) groups is 1. The SMILES string of the molecule is Cl.N[C@@H]1CCC[C@H]1CC(=O)NC1CCC2CCCC2C1. The summed E-state index contributed by atoms with van der Waals surface area (Å²) in [5.74, 6) is 2.55. The fourth-order valence-corrected chi connectivity index (χ4v) is 4.68. The molecule has 3 saturated carbocycles. The maximum atomic E-state index is 12.1. The molecule has 3 aliphatic carbocycles. The summed E-state index contributed by atoms with van der Waals surface area (Å²) in [6, 6.07) is 0.709. The van der Waals surface area contributed by atoms with E-state index in [0.29, 0.717) is 18.4 Å². The zero-order chi connectivity index (χ0) is 13.2. The van der Waals surface area contributed by atoms with E-state index in [1.807, 2.05) is 0 Å². The Kier molecular flexibility index (Phi) is 5.74. The van der Waals surface area contributed by atoms with Gasteiger partial charge in [-0.25, -0.2) is 0 Å². The first kappa shape index (κ1) is 16.1. The molecule has 116 valence electrons. The van der Waals surface area contributed by atoms with Gasteiger partial charge in [0.25, 0.3) is 0 Å². The van der Waals surface area contributed by atoms with Gasteiger partial charge in [0.05, 0.1) is 0 Å². The maximum Gasteiger partial charge on any atom is 0.220 e. The number of fused-ring (bicyclic) bond motifs is 1. The minimum atomic E-state index is 0. The van der Waals surface area contributed by atoms with E-state index in [-0.39, 0.29) is 24.4 Å². The minimum absolute atomic E-state index is 0. The summed E-state index contributed by atoms with van der Waals surface area (Å²) in [6.07, 6.45) is 12.1. The highest BCUT2D eigenvalue weighted by molar-refractivity contribution is 5.85. The van der Waals surface area contributed by atoms with Crippen LogP contribution in [0.4, 0.5) is 0 Å². The Balaban J connectivity index is 0.00000147. The van der Waals surface area contributed by atoms with Crippen molar-refractivity contribution < 1.29 is 4.79 Å². The predicted octanol–water partition coefficient (Wildman–Crippen LogP) is 3.01. The van der Waals surface area contributed by atoms with Crippen molar-refractivity contribution in [1.29, 1.82) is 0 Å². The first-order valence-corrected chi connectivity index (χ1v) is 8.27. The van der Waals surface area contributed by atoms with Crippen LogP contribution in [0.3, 0.4) is 0 Å². The van der Waals surface area contributed by atoms with Crippen LogP contribution in [0.2, 0.25) is 0 Å². The number of hydrogen-bond donors (Lipinski definition) is 2. The van der Waals surface area contributed by atoms with Crippen molar-refractivity contribution in [3.05, 3.63) is 0 Å². The normalized spacial score (nSPS) is 40.0. The van der Waals surface area contributed by atoms with Gasteiger partial charge in [-0.2, -0.15) is 0 Å². The highest BCUT2D eigenvalue weighted by Gasteiger charge is 2.34. The van der Waals surface area contributed by atoms with Crippen LogP contribution >= 0.6 is 12.4 Å². The molecule has 20 heavy (non-hydrogen) atoms. The predicted molar refractivity (Wildman–Crippen MR) is 83.8 cm³/mol. The van der Waals surface area contributed by atoms with E-state index < -0.39 is 0 Å². The molecule has 0 bridgehead atoms. The van der Waals surface area contributed by atoms with Crippen LogP contribution in [0, 0.1) is 17.8 Å². The van der Waals surface area contributed by atoms with Gasteiger partial charge in [0, 0.05) is 18.5 Å². The molecule has 3 nitrogen and oxygen atoms in total. The second kappa shape index (κ2) is 7.13. The Bertz CT molecular complexity index is 336. The summed E-state index contributed by atoms with van der Waals surface area (Å²) < 4.78 is 0. The molecule has 0 heterocycles. The van der Waals surface area contributed by atoms with Gasteiger partial charge < -0.3 is 11.1 Å². The first-order valence-electron chi connectivity index (χ1n) is 8.27. The van der Waals surface area contributed by atoms with E-state index in [9.17, 15) is 4.79 Å². The van der Waals surface area contributed by atoms with E-state index in [4.69, 9.17) is 5.73 Å². The average Bonchev–Trinajstić information content (AvgIpc) is 2.98. The highest BCUT2D eigenvalue weighted by Crippen LogP contribution is 2.42. The van der Waals surface area contributed by atoms with Crippen LogP contribution in [0.1, 0.15) is 64.2 Å². The lowest BCUT2D eigenvalue weighted by Crippen LogP contribution is -2.41. The molecule has 0 aromatic carbocycles. The van der Waals surface area contributed by atoms with Crippen molar-refractivity contribution in [1.82, 2.24) is 5.32 Å². The van der Waals surface area contributed by atoms with Crippen LogP contribution in [0.5, 0.6) is 0 Å². The van der Waals surface area contributed by atoms with E-state index in [1.54, 1.807) is 0 Å². The third-order valence-electron chi connectivity index (χ3n) is 5.82. The third kappa shape index (κ3) is 3.67. The Labute approximate surface area is 128 Å². The number of carbonyl (C=O) groups excluding carboxylic acids is 1. The summed E-state index contributed by atoms with van der Waals surface area (Å²) >= 11 is 0. The van der Waals surface area contributed by atoms with Crippen LogP contribution in [0.15, 0.2) is 0 Å². The number of rotatable bonds is 3. The van der Waals surface area contributed by atoms with Gasteiger partial charge in [-0.15, -0.1) is 12.4 Å². The van der Waals surface area contributed by atoms with Gasteiger partial charge >= 0.3 is 0 Å². The lowest BCUT2D eigenvalue weighted by Gasteiger charge is -2.32. The molecule has 3 N–H and O–H groups in total. The fraction of sp³-hybridized carbons (Fsp3) is 0.938. The molecule has 3 rings (SSSR count). The number of nitrogens with one attached hydrogen (secondary N) is 1. The quantitative estimate of drug-likeness (QED) is 0.842. The van der Waals surface area contributed by atoms with E-state index in [0.717, 1.165) is 24.7 Å². The molecule has 3 aliphatic rings. The maximum absolute atomic E-state index is 12.1. The Morgan fingerprint density at radius 3 is 2.50 bits per heavy atom. The van der Waals surface area contributed by atoms with Gasteiger partial charge in [0.1, 0.15) is 0 Å². The molecule has 0 radical (unpaired) electrons. The van der Waals surface area contributed by atoms with E-state index in [2.05, 4.69) is 5.32 Å².